The third-order valence-corrected chi connectivity index (χ3v) is 2.79. The molecule has 10 heavy (non-hydrogen) atoms. The van der Waals surface area contributed by atoms with Crippen LogP contribution in [0.5, 0.6) is 0 Å². The van der Waals surface area contributed by atoms with E-state index >= 15 is 0 Å². The molecule has 2 rings (SSSR count). The zero-order valence-corrected chi connectivity index (χ0v) is 6.77. The number of fused-ring (bicyclic) bond motifs is 1. The Bertz CT molecular complexity index is 322. The minimum atomic E-state index is 1.12. The molecule has 0 aliphatic carbocycles. The molecule has 0 amide bonds. The fourth-order valence-corrected chi connectivity index (χ4v) is 1.94. The van der Waals surface area contributed by atoms with Crippen LogP contribution in [0.15, 0.2) is 11.7 Å². The first-order chi connectivity index (χ1) is 4.79. The molecule has 2 aromatic rings. The molecule has 0 saturated carbocycles. The zero-order valence-electron chi connectivity index (χ0n) is 5.96. The highest BCUT2D eigenvalue weighted by molar-refractivity contribution is 7.15. The Labute approximate surface area is 63.1 Å². The average Bonchev–Trinajstić information content (AvgIpc) is 2.41. The Hall–Kier alpha value is -0.830. The molecule has 0 aliphatic rings. The fraction of sp³-hybridized carbons (Fsp3) is 0.286. The van der Waals surface area contributed by atoms with E-state index in [0.29, 0.717) is 0 Å². The number of thiazole rings is 1. The second-order valence-electron chi connectivity index (χ2n) is 2.38. The van der Waals surface area contributed by atoms with Crippen LogP contribution < -0.4 is 0 Å². The van der Waals surface area contributed by atoms with E-state index in [1.54, 1.807) is 11.3 Å². The van der Waals surface area contributed by atoms with Crippen molar-refractivity contribution < 1.29 is 0 Å². The molecule has 0 unspecified atom stereocenters. The molecule has 2 nitrogen and oxygen atoms in total. The highest BCUT2D eigenvalue weighted by Crippen LogP contribution is 2.17. The number of imidazole rings is 1. The van der Waals surface area contributed by atoms with Gasteiger partial charge in [0.1, 0.15) is 11.2 Å². The molecule has 2 aromatic heterocycles. The van der Waals surface area contributed by atoms with Crippen molar-refractivity contribution in [1.82, 2.24) is 9.38 Å². The van der Waals surface area contributed by atoms with Crippen LogP contribution >= 0.6 is 11.3 Å². The molecule has 0 N–H and O–H groups in total. The fourth-order valence-electron chi connectivity index (χ4n) is 1.02. The van der Waals surface area contributed by atoms with Gasteiger partial charge in [-0.25, -0.2) is 4.98 Å². The van der Waals surface area contributed by atoms with E-state index in [1.165, 1.54) is 10.5 Å². The van der Waals surface area contributed by atoms with E-state index in [9.17, 15) is 0 Å². The number of aryl methyl sites for hydroxylation is 2. The number of aromatic nitrogens is 2. The lowest BCUT2D eigenvalue weighted by Gasteiger charge is -1.83. The summed E-state index contributed by atoms with van der Waals surface area (Å²) in [6.07, 6.45) is 1.87. The van der Waals surface area contributed by atoms with Crippen molar-refractivity contribution in [1.29, 1.82) is 0 Å². The number of nitrogens with zero attached hydrogens (tertiary/aromatic N) is 2. The summed E-state index contributed by atoms with van der Waals surface area (Å²) in [4.78, 5) is 5.45. The molecular formula is C7H8N2S. The molecule has 0 fully saturated rings. The van der Waals surface area contributed by atoms with Crippen LogP contribution in [-0.4, -0.2) is 9.38 Å². The van der Waals surface area contributed by atoms with Crippen molar-refractivity contribution in [3.8, 4) is 0 Å². The third kappa shape index (κ3) is 0.609. The topological polar surface area (TPSA) is 17.3 Å². The Morgan fingerprint density at radius 2 is 2.30 bits per heavy atom. The van der Waals surface area contributed by atoms with Gasteiger partial charge in [0, 0.05) is 11.1 Å². The van der Waals surface area contributed by atoms with Gasteiger partial charge < -0.3 is 0 Å². The Balaban J connectivity index is 2.95. The maximum Gasteiger partial charge on any atom is 0.122 e. The van der Waals surface area contributed by atoms with Crippen molar-refractivity contribution >= 4 is 16.2 Å². The Morgan fingerprint density at radius 3 is 3.00 bits per heavy atom. The van der Waals surface area contributed by atoms with Crippen LogP contribution in [0.4, 0.5) is 0 Å². The number of rotatable bonds is 0. The van der Waals surface area contributed by atoms with E-state index in [2.05, 4.69) is 21.7 Å². The van der Waals surface area contributed by atoms with Crippen LogP contribution in [0.3, 0.4) is 0 Å². The summed E-state index contributed by atoms with van der Waals surface area (Å²) in [5.74, 6) is 0. The summed E-state index contributed by atoms with van der Waals surface area (Å²) >= 11 is 1.75. The van der Waals surface area contributed by atoms with Crippen LogP contribution in [0.25, 0.3) is 4.83 Å². The van der Waals surface area contributed by atoms with Crippen molar-refractivity contribution in [2.45, 2.75) is 13.8 Å². The van der Waals surface area contributed by atoms with Crippen LogP contribution in [-0.2, 0) is 0 Å². The van der Waals surface area contributed by atoms with Crippen LogP contribution in [0, 0.1) is 13.8 Å². The van der Waals surface area contributed by atoms with Gasteiger partial charge in [0.15, 0.2) is 0 Å². The molecule has 0 aromatic carbocycles. The van der Waals surface area contributed by atoms with E-state index in [-0.39, 0.29) is 0 Å². The van der Waals surface area contributed by atoms with E-state index in [4.69, 9.17) is 0 Å². The lowest BCUT2D eigenvalue weighted by molar-refractivity contribution is 1.10. The van der Waals surface area contributed by atoms with Crippen molar-refractivity contribution in [3.05, 3.63) is 23.1 Å². The van der Waals surface area contributed by atoms with E-state index in [1.807, 2.05) is 13.3 Å². The minimum Gasteiger partial charge on any atom is -0.294 e. The molecule has 2 heterocycles. The monoisotopic (exact) mass is 152 g/mol. The van der Waals surface area contributed by atoms with Gasteiger partial charge in [-0.05, 0) is 13.8 Å². The first kappa shape index (κ1) is 5.92. The van der Waals surface area contributed by atoms with Gasteiger partial charge >= 0.3 is 0 Å². The number of hydrogen-bond donors (Lipinski definition) is 0. The highest BCUT2D eigenvalue weighted by atomic mass is 32.1. The quantitative estimate of drug-likeness (QED) is 0.564. The predicted molar refractivity (Wildman–Crippen MR) is 42.5 cm³/mol. The molecular weight excluding hydrogens is 144 g/mol. The standard InChI is InChI=1S/C7H8N2S/c1-5-3-10-7-6(2)8-4-9(5)7/h3-4H,1-2H3. The molecule has 0 radical (unpaired) electrons. The molecule has 52 valence electrons. The van der Waals surface area contributed by atoms with Gasteiger partial charge in [0.2, 0.25) is 0 Å². The van der Waals surface area contributed by atoms with Crippen LogP contribution in [0.2, 0.25) is 0 Å². The maximum atomic E-state index is 4.19. The summed E-state index contributed by atoms with van der Waals surface area (Å²) in [6.45, 7) is 4.12. The summed E-state index contributed by atoms with van der Waals surface area (Å²) in [5, 5.41) is 2.14. The normalized spacial score (nSPS) is 11.0. The van der Waals surface area contributed by atoms with Crippen LogP contribution in [0.1, 0.15) is 11.4 Å². The summed E-state index contributed by atoms with van der Waals surface area (Å²) in [7, 11) is 0. The largest absolute Gasteiger partial charge is 0.294 e. The molecule has 0 saturated heterocycles. The molecule has 0 atom stereocenters. The third-order valence-electron chi connectivity index (χ3n) is 1.62. The lowest BCUT2D eigenvalue weighted by atomic mass is 10.5. The van der Waals surface area contributed by atoms with Crippen molar-refractivity contribution in [2.75, 3.05) is 0 Å². The first-order valence-electron chi connectivity index (χ1n) is 3.17. The van der Waals surface area contributed by atoms with E-state index < -0.39 is 0 Å². The zero-order chi connectivity index (χ0) is 7.14. The number of hydrogen-bond acceptors (Lipinski definition) is 2. The molecule has 0 spiro atoms. The predicted octanol–water partition coefficient (Wildman–Crippen LogP) is 2.01. The van der Waals surface area contributed by atoms with E-state index in [0.717, 1.165) is 5.69 Å². The van der Waals surface area contributed by atoms with Gasteiger partial charge in [-0.1, -0.05) is 0 Å². The van der Waals surface area contributed by atoms with Gasteiger partial charge in [0.05, 0.1) is 5.69 Å². The van der Waals surface area contributed by atoms with Gasteiger partial charge in [-0.15, -0.1) is 11.3 Å². The Morgan fingerprint density at radius 1 is 1.50 bits per heavy atom. The van der Waals surface area contributed by atoms with Gasteiger partial charge in [-0.2, -0.15) is 0 Å². The summed E-state index contributed by atoms with van der Waals surface area (Å²) in [6, 6.07) is 0. The first-order valence-corrected chi connectivity index (χ1v) is 4.05. The Kier molecular flexibility index (Phi) is 1.08. The summed E-state index contributed by atoms with van der Waals surface area (Å²) < 4.78 is 2.11. The molecule has 0 aliphatic heterocycles. The molecule has 0 bridgehead atoms. The van der Waals surface area contributed by atoms with Crippen molar-refractivity contribution in [2.24, 2.45) is 0 Å². The lowest BCUT2D eigenvalue weighted by Crippen LogP contribution is -1.77. The van der Waals surface area contributed by atoms with Gasteiger partial charge in [0.25, 0.3) is 0 Å². The minimum absolute atomic E-state index is 1.12. The smallest absolute Gasteiger partial charge is 0.122 e. The maximum absolute atomic E-state index is 4.19. The SMILES string of the molecule is Cc1ncn2c(C)csc12. The highest BCUT2D eigenvalue weighted by Gasteiger charge is 2.01. The second-order valence-corrected chi connectivity index (χ2v) is 3.24. The average molecular weight is 152 g/mol. The van der Waals surface area contributed by atoms with Gasteiger partial charge in [-0.3, -0.25) is 4.40 Å². The molecule has 3 heteroatoms. The second kappa shape index (κ2) is 1.83. The summed E-state index contributed by atoms with van der Waals surface area (Å²) in [5.41, 5.74) is 2.39. The van der Waals surface area contributed by atoms with Crippen molar-refractivity contribution in [3.63, 3.8) is 0 Å².